The van der Waals surface area contributed by atoms with Crippen molar-refractivity contribution in [1.29, 1.82) is 0 Å². The maximum Gasteiger partial charge on any atom is 0.246 e. The van der Waals surface area contributed by atoms with Crippen LogP contribution in [-0.4, -0.2) is 51.2 Å². The predicted molar refractivity (Wildman–Crippen MR) is 77.2 cm³/mol. The Morgan fingerprint density at radius 3 is 2.42 bits per heavy atom. The number of morpholine rings is 1. The second-order valence-electron chi connectivity index (χ2n) is 4.76. The molecule has 1 aliphatic rings. The number of hydrogen-bond acceptors (Lipinski definition) is 3. The van der Waals surface area contributed by atoms with Crippen molar-refractivity contribution in [3.05, 3.63) is 35.9 Å². The first-order chi connectivity index (χ1) is 9.16. The first kappa shape index (κ1) is 13.6. The zero-order chi connectivity index (χ0) is 13.7. The molecule has 4 nitrogen and oxygen atoms in total. The number of carbonyl (C=O) groups excluding carboxylic acids is 1. The summed E-state index contributed by atoms with van der Waals surface area (Å²) in [6.45, 7) is 2.64. The molecule has 1 aromatic carbocycles. The van der Waals surface area contributed by atoms with E-state index in [0.29, 0.717) is 26.3 Å². The smallest absolute Gasteiger partial charge is 0.246 e. The summed E-state index contributed by atoms with van der Waals surface area (Å²) in [7, 11) is 4.01. The molecule has 1 amide bonds. The second-order valence-corrected chi connectivity index (χ2v) is 4.76. The van der Waals surface area contributed by atoms with Crippen LogP contribution in [0, 0.1) is 0 Å². The third kappa shape index (κ3) is 3.83. The molecular formula is C15H20N2O2. The lowest BCUT2D eigenvalue weighted by Crippen LogP contribution is -2.39. The number of hydrogen-bond donors (Lipinski definition) is 0. The van der Waals surface area contributed by atoms with Gasteiger partial charge in [0.2, 0.25) is 5.91 Å². The number of benzene rings is 1. The summed E-state index contributed by atoms with van der Waals surface area (Å²) in [5.74, 6) is 0.0555. The first-order valence-corrected chi connectivity index (χ1v) is 6.49. The van der Waals surface area contributed by atoms with Gasteiger partial charge in [-0.15, -0.1) is 0 Å². The van der Waals surface area contributed by atoms with Crippen molar-refractivity contribution in [2.45, 2.75) is 0 Å². The van der Waals surface area contributed by atoms with Crippen molar-refractivity contribution >= 4 is 17.7 Å². The van der Waals surface area contributed by atoms with Crippen LogP contribution in [0.25, 0.3) is 6.08 Å². The Kier molecular flexibility index (Phi) is 4.58. The summed E-state index contributed by atoms with van der Waals surface area (Å²) < 4.78 is 5.23. The third-order valence-electron chi connectivity index (χ3n) is 3.15. The van der Waals surface area contributed by atoms with E-state index in [0.717, 1.165) is 11.3 Å². The fourth-order valence-corrected chi connectivity index (χ4v) is 1.94. The van der Waals surface area contributed by atoms with Crippen molar-refractivity contribution in [3.63, 3.8) is 0 Å². The van der Waals surface area contributed by atoms with Gasteiger partial charge in [-0.2, -0.15) is 0 Å². The Morgan fingerprint density at radius 1 is 1.21 bits per heavy atom. The molecule has 1 aliphatic heterocycles. The number of ether oxygens (including phenoxy) is 1. The van der Waals surface area contributed by atoms with Gasteiger partial charge in [0.15, 0.2) is 0 Å². The number of nitrogens with zero attached hydrogens (tertiary/aromatic N) is 2. The SMILES string of the molecule is CN(C)c1ccc(/C=C\C(=O)N2CCOCC2)cc1. The fourth-order valence-electron chi connectivity index (χ4n) is 1.94. The van der Waals surface area contributed by atoms with Crippen LogP contribution in [-0.2, 0) is 9.53 Å². The quantitative estimate of drug-likeness (QED) is 0.774. The van der Waals surface area contributed by atoms with Crippen LogP contribution in [0.1, 0.15) is 5.56 Å². The molecule has 0 aliphatic carbocycles. The van der Waals surface area contributed by atoms with E-state index in [1.807, 2.05) is 54.2 Å². The van der Waals surface area contributed by atoms with Crippen LogP contribution in [0.4, 0.5) is 5.69 Å². The van der Waals surface area contributed by atoms with Crippen molar-refractivity contribution < 1.29 is 9.53 Å². The molecule has 0 aromatic heterocycles. The van der Waals surface area contributed by atoms with Crippen LogP contribution in [0.3, 0.4) is 0 Å². The van der Waals surface area contributed by atoms with Gasteiger partial charge in [-0.05, 0) is 23.8 Å². The zero-order valence-electron chi connectivity index (χ0n) is 11.5. The minimum absolute atomic E-state index is 0.0555. The largest absolute Gasteiger partial charge is 0.378 e. The summed E-state index contributed by atoms with van der Waals surface area (Å²) in [6, 6.07) is 8.11. The van der Waals surface area contributed by atoms with Crippen LogP contribution < -0.4 is 4.90 Å². The first-order valence-electron chi connectivity index (χ1n) is 6.49. The summed E-state index contributed by atoms with van der Waals surface area (Å²) in [6.07, 6.45) is 3.49. The van der Waals surface area contributed by atoms with Gasteiger partial charge >= 0.3 is 0 Å². The molecule has 0 unspecified atom stereocenters. The standard InChI is InChI=1S/C15H20N2O2/c1-16(2)14-6-3-13(4-7-14)5-8-15(18)17-9-11-19-12-10-17/h3-8H,9-12H2,1-2H3/b8-5-. The van der Waals surface area contributed by atoms with Gasteiger partial charge in [0.25, 0.3) is 0 Å². The van der Waals surface area contributed by atoms with Crippen LogP contribution >= 0.6 is 0 Å². The molecular weight excluding hydrogens is 240 g/mol. The van der Waals surface area contributed by atoms with E-state index in [4.69, 9.17) is 4.74 Å². The van der Waals surface area contributed by atoms with Gasteiger partial charge in [-0.1, -0.05) is 12.1 Å². The molecule has 0 saturated carbocycles. The summed E-state index contributed by atoms with van der Waals surface area (Å²) >= 11 is 0. The average Bonchev–Trinajstić information content (AvgIpc) is 2.46. The molecule has 0 radical (unpaired) electrons. The topological polar surface area (TPSA) is 32.8 Å². The molecule has 0 spiro atoms. The van der Waals surface area contributed by atoms with E-state index in [1.54, 1.807) is 6.08 Å². The minimum Gasteiger partial charge on any atom is -0.378 e. The Morgan fingerprint density at radius 2 is 1.84 bits per heavy atom. The zero-order valence-corrected chi connectivity index (χ0v) is 11.5. The van der Waals surface area contributed by atoms with Crippen LogP contribution in [0.5, 0.6) is 0 Å². The van der Waals surface area contributed by atoms with E-state index in [9.17, 15) is 4.79 Å². The highest BCUT2D eigenvalue weighted by Crippen LogP contribution is 2.13. The van der Waals surface area contributed by atoms with E-state index < -0.39 is 0 Å². The Labute approximate surface area is 114 Å². The highest BCUT2D eigenvalue weighted by molar-refractivity contribution is 5.91. The average molecular weight is 260 g/mol. The molecule has 1 fully saturated rings. The van der Waals surface area contributed by atoms with Crippen LogP contribution in [0.15, 0.2) is 30.3 Å². The predicted octanol–water partition coefficient (Wildman–Crippen LogP) is 1.62. The van der Waals surface area contributed by atoms with Gasteiger partial charge in [0.1, 0.15) is 0 Å². The Bertz CT molecular complexity index is 446. The molecule has 0 bridgehead atoms. The van der Waals surface area contributed by atoms with Crippen molar-refractivity contribution in [2.75, 3.05) is 45.3 Å². The molecule has 0 atom stereocenters. The lowest BCUT2D eigenvalue weighted by atomic mass is 10.2. The Hall–Kier alpha value is -1.81. The number of anilines is 1. The lowest BCUT2D eigenvalue weighted by molar-refractivity contribution is -0.129. The second kappa shape index (κ2) is 6.38. The minimum atomic E-state index is 0.0555. The van der Waals surface area contributed by atoms with Gasteiger partial charge in [-0.3, -0.25) is 4.79 Å². The molecule has 19 heavy (non-hydrogen) atoms. The molecule has 1 aromatic rings. The van der Waals surface area contributed by atoms with E-state index in [1.165, 1.54) is 0 Å². The summed E-state index contributed by atoms with van der Waals surface area (Å²) in [5.41, 5.74) is 2.18. The molecule has 1 heterocycles. The van der Waals surface area contributed by atoms with Gasteiger partial charge < -0.3 is 14.5 Å². The lowest BCUT2D eigenvalue weighted by Gasteiger charge is -2.25. The molecule has 1 saturated heterocycles. The number of rotatable bonds is 3. The molecule has 102 valence electrons. The molecule has 2 rings (SSSR count). The number of carbonyl (C=O) groups is 1. The third-order valence-corrected chi connectivity index (χ3v) is 3.15. The molecule has 0 N–H and O–H groups in total. The van der Waals surface area contributed by atoms with Crippen molar-refractivity contribution in [1.82, 2.24) is 4.90 Å². The van der Waals surface area contributed by atoms with E-state index in [-0.39, 0.29) is 5.91 Å². The Balaban J connectivity index is 1.95. The highest BCUT2D eigenvalue weighted by atomic mass is 16.5. The maximum atomic E-state index is 11.9. The van der Waals surface area contributed by atoms with Gasteiger partial charge in [0.05, 0.1) is 13.2 Å². The molecule has 4 heteroatoms. The van der Waals surface area contributed by atoms with Gasteiger partial charge in [-0.25, -0.2) is 0 Å². The van der Waals surface area contributed by atoms with E-state index in [2.05, 4.69) is 0 Å². The summed E-state index contributed by atoms with van der Waals surface area (Å²) in [4.78, 5) is 15.8. The fraction of sp³-hybridized carbons (Fsp3) is 0.400. The highest BCUT2D eigenvalue weighted by Gasteiger charge is 2.13. The summed E-state index contributed by atoms with van der Waals surface area (Å²) in [5, 5.41) is 0. The number of amides is 1. The maximum absolute atomic E-state index is 11.9. The normalized spacial score (nSPS) is 15.8. The van der Waals surface area contributed by atoms with Gasteiger partial charge in [0, 0.05) is 38.9 Å². The van der Waals surface area contributed by atoms with Crippen LogP contribution in [0.2, 0.25) is 0 Å². The van der Waals surface area contributed by atoms with Crippen molar-refractivity contribution in [3.8, 4) is 0 Å². The van der Waals surface area contributed by atoms with Crippen molar-refractivity contribution in [2.24, 2.45) is 0 Å². The van der Waals surface area contributed by atoms with E-state index >= 15 is 0 Å². The monoisotopic (exact) mass is 260 g/mol.